The minimum Gasteiger partial charge on any atom is -0.379 e. The van der Waals surface area contributed by atoms with Crippen LogP contribution in [0.2, 0.25) is 0 Å². The van der Waals surface area contributed by atoms with Gasteiger partial charge in [-0.2, -0.15) is 0 Å². The molecular formula is C16H34N4O. The average molecular weight is 298 g/mol. The fraction of sp³-hybridized carbons (Fsp3) is 0.938. The zero-order valence-corrected chi connectivity index (χ0v) is 14.3. The number of rotatable bonds is 8. The number of nitrogens with zero attached hydrogens (tertiary/aromatic N) is 2. The van der Waals surface area contributed by atoms with Gasteiger partial charge in [0.05, 0.1) is 13.2 Å². The standard InChI is InChI=1S/C16H34N4O/c1-5-17-16(19-15(4)14(2)3)18-8-6-7-9-20-10-12-21-13-11-20/h14-15H,5-13H2,1-4H3,(H2,17,18,19). The summed E-state index contributed by atoms with van der Waals surface area (Å²) in [7, 11) is 0. The van der Waals surface area contributed by atoms with E-state index in [9.17, 15) is 0 Å². The number of nitrogens with one attached hydrogen (secondary N) is 2. The summed E-state index contributed by atoms with van der Waals surface area (Å²) in [6.07, 6.45) is 2.35. The zero-order chi connectivity index (χ0) is 15.5. The molecule has 1 saturated heterocycles. The van der Waals surface area contributed by atoms with Crippen molar-refractivity contribution in [3.63, 3.8) is 0 Å². The van der Waals surface area contributed by atoms with Gasteiger partial charge in [-0.15, -0.1) is 0 Å². The molecule has 1 fully saturated rings. The van der Waals surface area contributed by atoms with Crippen molar-refractivity contribution in [2.24, 2.45) is 10.9 Å². The Morgan fingerprint density at radius 2 is 1.90 bits per heavy atom. The first-order valence-electron chi connectivity index (χ1n) is 8.48. The maximum atomic E-state index is 5.36. The van der Waals surface area contributed by atoms with Crippen LogP contribution >= 0.6 is 0 Å². The highest BCUT2D eigenvalue weighted by molar-refractivity contribution is 5.80. The third-order valence-electron chi connectivity index (χ3n) is 3.96. The second kappa shape index (κ2) is 10.9. The number of ether oxygens (including phenoxy) is 1. The third kappa shape index (κ3) is 8.27. The van der Waals surface area contributed by atoms with Crippen molar-refractivity contribution >= 4 is 5.96 Å². The zero-order valence-electron chi connectivity index (χ0n) is 14.3. The van der Waals surface area contributed by atoms with Crippen LogP contribution in [0.25, 0.3) is 0 Å². The van der Waals surface area contributed by atoms with Crippen LogP contribution in [0.5, 0.6) is 0 Å². The first kappa shape index (κ1) is 18.2. The van der Waals surface area contributed by atoms with Gasteiger partial charge in [0.2, 0.25) is 0 Å². The van der Waals surface area contributed by atoms with E-state index in [1.165, 1.54) is 13.0 Å². The van der Waals surface area contributed by atoms with E-state index in [0.29, 0.717) is 12.0 Å². The van der Waals surface area contributed by atoms with Crippen molar-refractivity contribution in [3.8, 4) is 0 Å². The Hall–Kier alpha value is -0.810. The Morgan fingerprint density at radius 1 is 1.19 bits per heavy atom. The monoisotopic (exact) mass is 298 g/mol. The summed E-state index contributed by atoms with van der Waals surface area (Å²) < 4.78 is 5.36. The van der Waals surface area contributed by atoms with Gasteiger partial charge in [-0.3, -0.25) is 9.89 Å². The molecule has 1 atom stereocenters. The maximum absolute atomic E-state index is 5.36. The lowest BCUT2D eigenvalue weighted by molar-refractivity contribution is 0.0373. The van der Waals surface area contributed by atoms with Crippen molar-refractivity contribution in [3.05, 3.63) is 0 Å². The number of hydrogen-bond acceptors (Lipinski definition) is 3. The molecule has 2 N–H and O–H groups in total. The maximum Gasteiger partial charge on any atom is 0.191 e. The molecule has 1 unspecified atom stereocenters. The highest BCUT2D eigenvalue weighted by Gasteiger charge is 2.10. The molecule has 0 amide bonds. The number of guanidine groups is 1. The largest absolute Gasteiger partial charge is 0.379 e. The van der Waals surface area contributed by atoms with Gasteiger partial charge in [0, 0.05) is 32.2 Å². The van der Waals surface area contributed by atoms with Gasteiger partial charge in [0.1, 0.15) is 0 Å². The highest BCUT2D eigenvalue weighted by atomic mass is 16.5. The normalized spacial score (nSPS) is 18.8. The number of aliphatic imine (C=N–C) groups is 1. The molecule has 1 heterocycles. The van der Waals surface area contributed by atoms with E-state index in [4.69, 9.17) is 4.74 Å². The molecule has 0 radical (unpaired) electrons. The summed E-state index contributed by atoms with van der Waals surface area (Å²) in [5, 5.41) is 6.79. The van der Waals surface area contributed by atoms with E-state index >= 15 is 0 Å². The van der Waals surface area contributed by atoms with Crippen LogP contribution in [0.1, 0.15) is 40.5 Å². The van der Waals surface area contributed by atoms with Gasteiger partial charge in [0.25, 0.3) is 0 Å². The Morgan fingerprint density at radius 3 is 2.52 bits per heavy atom. The molecule has 1 aliphatic heterocycles. The summed E-state index contributed by atoms with van der Waals surface area (Å²) >= 11 is 0. The highest BCUT2D eigenvalue weighted by Crippen LogP contribution is 2.01. The molecule has 0 aromatic carbocycles. The van der Waals surface area contributed by atoms with Gasteiger partial charge in [-0.1, -0.05) is 13.8 Å². The predicted molar refractivity (Wildman–Crippen MR) is 89.9 cm³/mol. The number of morpholine rings is 1. The summed E-state index contributed by atoms with van der Waals surface area (Å²) in [4.78, 5) is 7.15. The fourth-order valence-electron chi connectivity index (χ4n) is 2.17. The van der Waals surface area contributed by atoms with Crippen molar-refractivity contribution in [1.82, 2.24) is 15.5 Å². The van der Waals surface area contributed by atoms with E-state index in [2.05, 4.69) is 48.2 Å². The third-order valence-corrected chi connectivity index (χ3v) is 3.96. The van der Waals surface area contributed by atoms with E-state index in [1.54, 1.807) is 0 Å². The van der Waals surface area contributed by atoms with Crippen molar-refractivity contribution in [2.45, 2.75) is 46.6 Å². The Kier molecular flexibility index (Phi) is 9.42. The van der Waals surface area contributed by atoms with E-state index in [0.717, 1.165) is 51.8 Å². The van der Waals surface area contributed by atoms with Crippen molar-refractivity contribution < 1.29 is 4.74 Å². The average Bonchev–Trinajstić information content (AvgIpc) is 2.48. The van der Waals surface area contributed by atoms with Gasteiger partial charge in [0.15, 0.2) is 5.96 Å². The molecule has 5 heteroatoms. The van der Waals surface area contributed by atoms with E-state index in [1.807, 2.05) is 0 Å². The minimum atomic E-state index is 0.441. The topological polar surface area (TPSA) is 48.9 Å². The fourth-order valence-corrected chi connectivity index (χ4v) is 2.17. The van der Waals surface area contributed by atoms with Crippen molar-refractivity contribution in [2.75, 3.05) is 45.9 Å². The minimum absolute atomic E-state index is 0.441. The lowest BCUT2D eigenvalue weighted by atomic mass is 10.1. The van der Waals surface area contributed by atoms with Crippen LogP contribution in [-0.4, -0.2) is 62.8 Å². The van der Waals surface area contributed by atoms with Crippen LogP contribution in [0, 0.1) is 5.92 Å². The molecule has 1 rings (SSSR count). The quantitative estimate of drug-likeness (QED) is 0.407. The van der Waals surface area contributed by atoms with E-state index < -0.39 is 0 Å². The first-order valence-corrected chi connectivity index (χ1v) is 8.48. The first-order chi connectivity index (χ1) is 10.1. The second-order valence-corrected chi connectivity index (χ2v) is 6.10. The molecule has 0 bridgehead atoms. The van der Waals surface area contributed by atoms with Gasteiger partial charge < -0.3 is 15.4 Å². The molecule has 5 nitrogen and oxygen atoms in total. The lowest BCUT2D eigenvalue weighted by Gasteiger charge is -2.26. The smallest absolute Gasteiger partial charge is 0.191 e. The summed E-state index contributed by atoms with van der Waals surface area (Å²) in [6.45, 7) is 15.7. The predicted octanol–water partition coefficient (Wildman–Crippen LogP) is 1.70. The van der Waals surface area contributed by atoms with Crippen LogP contribution in [0.4, 0.5) is 0 Å². The Balaban J connectivity index is 2.20. The number of hydrogen-bond donors (Lipinski definition) is 2. The molecule has 0 aromatic heterocycles. The summed E-state index contributed by atoms with van der Waals surface area (Å²) in [5.41, 5.74) is 0. The van der Waals surface area contributed by atoms with E-state index in [-0.39, 0.29) is 0 Å². The van der Waals surface area contributed by atoms with Crippen LogP contribution in [0.15, 0.2) is 4.99 Å². The molecule has 0 aromatic rings. The summed E-state index contributed by atoms with van der Waals surface area (Å²) in [5.74, 6) is 1.56. The van der Waals surface area contributed by atoms with Crippen molar-refractivity contribution in [1.29, 1.82) is 0 Å². The van der Waals surface area contributed by atoms with Gasteiger partial charge in [-0.05, 0) is 39.2 Å². The van der Waals surface area contributed by atoms with Gasteiger partial charge in [-0.25, -0.2) is 0 Å². The van der Waals surface area contributed by atoms with Crippen LogP contribution in [0.3, 0.4) is 0 Å². The van der Waals surface area contributed by atoms with Crippen LogP contribution < -0.4 is 10.6 Å². The molecule has 21 heavy (non-hydrogen) atoms. The van der Waals surface area contributed by atoms with Crippen LogP contribution in [-0.2, 0) is 4.74 Å². The SMILES string of the molecule is CCNC(=NCCCCN1CCOCC1)NC(C)C(C)C. The second-order valence-electron chi connectivity index (χ2n) is 6.10. The molecular weight excluding hydrogens is 264 g/mol. The molecule has 0 spiro atoms. The summed E-state index contributed by atoms with van der Waals surface area (Å²) in [6, 6.07) is 0.441. The molecule has 124 valence electrons. The molecule has 0 aliphatic carbocycles. The van der Waals surface area contributed by atoms with Gasteiger partial charge >= 0.3 is 0 Å². The molecule has 1 aliphatic rings. The Bertz CT molecular complexity index is 288. The lowest BCUT2D eigenvalue weighted by Crippen LogP contribution is -2.44. The molecule has 0 saturated carbocycles. The number of unbranched alkanes of at least 4 members (excludes halogenated alkanes) is 1. The Labute approximate surface area is 130 Å².